The number of thioether (sulfide) groups is 1. The predicted molar refractivity (Wildman–Crippen MR) is 123 cm³/mol. The van der Waals surface area contributed by atoms with Crippen LogP contribution in [0.2, 0.25) is 0 Å². The quantitative estimate of drug-likeness (QED) is 0.430. The fraction of sp³-hybridized carbons (Fsp3) is 0.348. The molecule has 0 aliphatic carbocycles. The molecule has 0 bridgehead atoms. The monoisotopic (exact) mass is 440 g/mol. The smallest absolute Gasteiger partial charge is 0.252 e. The summed E-state index contributed by atoms with van der Waals surface area (Å²) in [5.74, 6) is 3.00. The number of amides is 1. The summed E-state index contributed by atoms with van der Waals surface area (Å²) in [5, 5.41) is 11.2. The molecular weight excluding hydrogens is 412 g/mol. The summed E-state index contributed by atoms with van der Waals surface area (Å²) in [6.45, 7) is 2.14. The Bertz CT molecular complexity index is 947. The molecule has 1 aromatic heterocycles. The molecule has 0 spiro atoms. The van der Waals surface area contributed by atoms with Crippen LogP contribution in [-0.2, 0) is 5.75 Å². The van der Waals surface area contributed by atoms with Crippen molar-refractivity contribution in [2.24, 2.45) is 0 Å². The molecule has 0 fully saturated rings. The number of nitrogens with one attached hydrogen (secondary N) is 1. The van der Waals surface area contributed by atoms with Crippen LogP contribution in [0.4, 0.5) is 0 Å². The summed E-state index contributed by atoms with van der Waals surface area (Å²) in [5.41, 5.74) is 1.18. The van der Waals surface area contributed by atoms with E-state index in [9.17, 15) is 4.79 Å². The van der Waals surface area contributed by atoms with Crippen molar-refractivity contribution in [1.29, 1.82) is 0 Å². The SMILES string of the molecule is CN(C)CCCNC(=O)c1ccccc1-c1nnc(CSCCOc2ccccc2)o1. The summed E-state index contributed by atoms with van der Waals surface area (Å²) in [4.78, 5) is 14.7. The molecule has 1 amide bonds. The van der Waals surface area contributed by atoms with Crippen molar-refractivity contribution in [2.45, 2.75) is 12.2 Å². The van der Waals surface area contributed by atoms with E-state index in [4.69, 9.17) is 9.15 Å². The lowest BCUT2D eigenvalue weighted by Crippen LogP contribution is -2.27. The molecule has 2 aromatic carbocycles. The van der Waals surface area contributed by atoms with Crippen LogP contribution in [0.25, 0.3) is 11.5 Å². The molecule has 0 saturated carbocycles. The van der Waals surface area contributed by atoms with Gasteiger partial charge in [-0.05, 0) is 51.3 Å². The zero-order valence-electron chi connectivity index (χ0n) is 17.9. The van der Waals surface area contributed by atoms with Gasteiger partial charge >= 0.3 is 0 Å². The molecule has 3 aromatic rings. The Kier molecular flexibility index (Phi) is 8.93. The maximum atomic E-state index is 12.6. The third-order valence-electron chi connectivity index (χ3n) is 4.40. The van der Waals surface area contributed by atoms with Gasteiger partial charge in [0.25, 0.3) is 5.91 Å². The van der Waals surface area contributed by atoms with Crippen molar-refractivity contribution in [2.75, 3.05) is 39.5 Å². The molecule has 0 atom stereocenters. The van der Waals surface area contributed by atoms with E-state index in [0.29, 0.717) is 41.8 Å². The van der Waals surface area contributed by atoms with Crippen molar-refractivity contribution in [1.82, 2.24) is 20.4 Å². The fourth-order valence-corrected chi connectivity index (χ4v) is 3.51. The molecule has 31 heavy (non-hydrogen) atoms. The standard InChI is InChI=1S/C23H28N4O3S/c1-27(2)14-8-13-24-22(28)19-11-6-7-12-20(19)23-26-25-21(30-23)17-31-16-15-29-18-9-4-3-5-10-18/h3-7,9-12H,8,13-17H2,1-2H3,(H,24,28). The van der Waals surface area contributed by atoms with Crippen molar-refractivity contribution < 1.29 is 13.9 Å². The molecular formula is C23H28N4O3S. The van der Waals surface area contributed by atoms with Gasteiger partial charge in [0, 0.05) is 12.3 Å². The molecule has 1 heterocycles. The van der Waals surface area contributed by atoms with E-state index in [1.165, 1.54) is 0 Å². The highest BCUT2D eigenvalue weighted by Crippen LogP contribution is 2.24. The highest BCUT2D eigenvalue weighted by atomic mass is 32.2. The van der Waals surface area contributed by atoms with Crippen LogP contribution in [0.5, 0.6) is 5.75 Å². The Hall–Kier alpha value is -2.84. The van der Waals surface area contributed by atoms with Crippen molar-refractivity contribution in [3.8, 4) is 17.2 Å². The second-order valence-electron chi connectivity index (χ2n) is 7.17. The van der Waals surface area contributed by atoms with Gasteiger partial charge in [-0.25, -0.2) is 0 Å². The molecule has 3 rings (SSSR count). The third kappa shape index (κ3) is 7.41. The zero-order valence-corrected chi connectivity index (χ0v) is 18.7. The minimum atomic E-state index is -0.137. The average molecular weight is 441 g/mol. The lowest BCUT2D eigenvalue weighted by atomic mass is 10.1. The predicted octanol–water partition coefficient (Wildman–Crippen LogP) is 3.73. The molecule has 1 N–H and O–H groups in total. The average Bonchev–Trinajstić information content (AvgIpc) is 3.26. The Morgan fingerprint density at radius 1 is 1.10 bits per heavy atom. The number of hydrogen-bond donors (Lipinski definition) is 1. The fourth-order valence-electron chi connectivity index (χ4n) is 2.88. The molecule has 0 aliphatic rings. The first-order valence-electron chi connectivity index (χ1n) is 10.2. The second-order valence-corrected chi connectivity index (χ2v) is 8.28. The molecule has 8 heteroatoms. The van der Waals surface area contributed by atoms with E-state index in [-0.39, 0.29) is 5.91 Å². The molecule has 164 valence electrons. The van der Waals surface area contributed by atoms with Gasteiger partial charge in [-0.1, -0.05) is 30.3 Å². The molecule has 7 nitrogen and oxygen atoms in total. The lowest BCUT2D eigenvalue weighted by molar-refractivity contribution is 0.0952. The van der Waals surface area contributed by atoms with Gasteiger partial charge in [0.15, 0.2) is 0 Å². The van der Waals surface area contributed by atoms with Gasteiger partial charge in [-0.15, -0.1) is 22.0 Å². The number of aromatic nitrogens is 2. The van der Waals surface area contributed by atoms with Gasteiger partial charge in [0.1, 0.15) is 5.75 Å². The summed E-state index contributed by atoms with van der Waals surface area (Å²) < 4.78 is 11.5. The van der Waals surface area contributed by atoms with Gasteiger partial charge in [-0.3, -0.25) is 4.79 Å². The number of hydrogen-bond acceptors (Lipinski definition) is 7. The van der Waals surface area contributed by atoms with Gasteiger partial charge in [-0.2, -0.15) is 0 Å². The minimum Gasteiger partial charge on any atom is -0.493 e. The van der Waals surface area contributed by atoms with E-state index in [1.54, 1.807) is 17.8 Å². The summed E-state index contributed by atoms with van der Waals surface area (Å²) in [6, 6.07) is 17.0. The molecule has 0 aliphatic heterocycles. The highest BCUT2D eigenvalue weighted by molar-refractivity contribution is 7.98. The maximum absolute atomic E-state index is 12.6. The summed E-state index contributed by atoms with van der Waals surface area (Å²) in [6.07, 6.45) is 0.886. The lowest BCUT2D eigenvalue weighted by Gasteiger charge is -2.11. The third-order valence-corrected chi connectivity index (χ3v) is 5.31. The van der Waals surface area contributed by atoms with E-state index < -0.39 is 0 Å². The van der Waals surface area contributed by atoms with Crippen LogP contribution in [0, 0.1) is 0 Å². The van der Waals surface area contributed by atoms with E-state index >= 15 is 0 Å². The van der Waals surface area contributed by atoms with E-state index in [0.717, 1.165) is 24.5 Å². The zero-order chi connectivity index (χ0) is 21.9. The molecule has 0 unspecified atom stereocenters. The molecule has 0 saturated heterocycles. The van der Waals surface area contributed by atoms with E-state index in [1.807, 2.05) is 62.6 Å². The van der Waals surface area contributed by atoms with Crippen LogP contribution in [-0.4, -0.2) is 60.5 Å². The maximum Gasteiger partial charge on any atom is 0.252 e. The highest BCUT2D eigenvalue weighted by Gasteiger charge is 2.17. The number of benzene rings is 2. The first kappa shape index (κ1) is 22.8. The van der Waals surface area contributed by atoms with Crippen molar-refractivity contribution in [3.05, 3.63) is 66.1 Å². The number of carbonyl (C=O) groups is 1. The normalized spacial score (nSPS) is 10.9. The topological polar surface area (TPSA) is 80.5 Å². The number of nitrogens with zero attached hydrogens (tertiary/aromatic N) is 3. The number of rotatable bonds is 12. The van der Waals surface area contributed by atoms with Crippen molar-refractivity contribution >= 4 is 17.7 Å². The number of carbonyl (C=O) groups excluding carboxylic acids is 1. The first-order valence-corrected chi connectivity index (χ1v) is 11.4. The Balaban J connectivity index is 1.50. The Labute approximate surface area is 187 Å². The van der Waals surface area contributed by atoms with Crippen LogP contribution in [0.3, 0.4) is 0 Å². The van der Waals surface area contributed by atoms with Crippen molar-refractivity contribution in [3.63, 3.8) is 0 Å². The Morgan fingerprint density at radius 3 is 2.68 bits per heavy atom. The van der Waals surface area contributed by atoms with E-state index in [2.05, 4.69) is 20.4 Å². The Morgan fingerprint density at radius 2 is 1.87 bits per heavy atom. The number of para-hydroxylation sites is 1. The largest absolute Gasteiger partial charge is 0.493 e. The molecule has 0 radical (unpaired) electrons. The summed E-state index contributed by atoms with van der Waals surface area (Å²) in [7, 11) is 4.03. The van der Waals surface area contributed by atoms with Gasteiger partial charge in [0.2, 0.25) is 11.8 Å². The van der Waals surface area contributed by atoms with Crippen LogP contribution < -0.4 is 10.1 Å². The minimum absolute atomic E-state index is 0.137. The van der Waals surface area contributed by atoms with Crippen LogP contribution in [0.1, 0.15) is 22.7 Å². The first-order chi connectivity index (χ1) is 15.1. The van der Waals surface area contributed by atoms with Gasteiger partial charge in [0.05, 0.1) is 23.5 Å². The van der Waals surface area contributed by atoms with Crippen LogP contribution in [0.15, 0.2) is 59.0 Å². The second kappa shape index (κ2) is 12.1. The summed E-state index contributed by atoms with van der Waals surface area (Å²) >= 11 is 1.66. The van der Waals surface area contributed by atoms with Gasteiger partial charge < -0.3 is 19.4 Å². The number of ether oxygens (including phenoxy) is 1. The van der Waals surface area contributed by atoms with Crippen LogP contribution >= 0.6 is 11.8 Å².